The van der Waals surface area contributed by atoms with E-state index in [1.807, 2.05) is 0 Å². The molecule has 0 aliphatic heterocycles. The number of methoxy groups -OCH3 is 1. The summed E-state index contributed by atoms with van der Waals surface area (Å²) in [5.41, 5.74) is 0.347. The lowest BCUT2D eigenvalue weighted by atomic mass is 9.95. The van der Waals surface area contributed by atoms with Gasteiger partial charge in [0.25, 0.3) is 0 Å². The molecule has 3 aromatic carbocycles. The van der Waals surface area contributed by atoms with Crippen molar-refractivity contribution in [3.63, 3.8) is 0 Å². The Balaban J connectivity index is 1.68. The first-order valence-electron chi connectivity index (χ1n) is 12.1. The molecule has 0 spiro atoms. The van der Waals surface area contributed by atoms with Gasteiger partial charge in [-0.05, 0) is 67.8 Å². The Labute approximate surface area is 226 Å². The molecule has 10 heteroatoms. The van der Waals surface area contributed by atoms with Gasteiger partial charge in [0.1, 0.15) is 11.5 Å². The molecule has 0 bridgehead atoms. The molecule has 0 amide bonds. The maximum atomic E-state index is 13.6. The Morgan fingerprint density at radius 2 is 1.59 bits per heavy atom. The van der Waals surface area contributed by atoms with Gasteiger partial charge in [0.2, 0.25) is 10.0 Å². The van der Waals surface area contributed by atoms with Crippen LogP contribution in [0.15, 0.2) is 77.8 Å². The van der Waals surface area contributed by atoms with Crippen LogP contribution in [-0.2, 0) is 20.9 Å². The zero-order chi connectivity index (χ0) is 28.6. The van der Waals surface area contributed by atoms with Gasteiger partial charge < -0.3 is 9.47 Å². The van der Waals surface area contributed by atoms with Crippen LogP contribution in [0.2, 0.25) is 0 Å². The minimum atomic E-state index is -4.54. The molecule has 0 N–H and O–H groups in total. The molecular formula is C29H29F3N2O4S. The van der Waals surface area contributed by atoms with Crippen molar-refractivity contribution in [3.05, 3.63) is 84.1 Å². The van der Waals surface area contributed by atoms with Crippen molar-refractivity contribution in [3.8, 4) is 22.6 Å². The lowest BCUT2D eigenvalue weighted by Gasteiger charge is -2.28. The summed E-state index contributed by atoms with van der Waals surface area (Å²) >= 11 is 0. The minimum Gasteiger partial charge on any atom is -0.457 e. The van der Waals surface area contributed by atoms with E-state index in [1.165, 1.54) is 42.9 Å². The third-order valence-corrected chi connectivity index (χ3v) is 8.22. The lowest BCUT2D eigenvalue weighted by molar-refractivity contribution is -0.136. The van der Waals surface area contributed by atoms with Crippen LogP contribution in [0.4, 0.5) is 13.2 Å². The molecule has 0 saturated heterocycles. The van der Waals surface area contributed by atoms with Gasteiger partial charge in [-0.2, -0.15) is 17.5 Å². The largest absolute Gasteiger partial charge is 0.457 e. The molecule has 1 heterocycles. The van der Waals surface area contributed by atoms with Crippen LogP contribution >= 0.6 is 0 Å². The lowest BCUT2D eigenvalue weighted by Crippen LogP contribution is -2.41. The Hall–Kier alpha value is -3.47. The molecule has 0 radical (unpaired) electrons. The van der Waals surface area contributed by atoms with Gasteiger partial charge in [-0.1, -0.05) is 30.3 Å². The summed E-state index contributed by atoms with van der Waals surface area (Å²) in [6, 6.07) is 17.0. The summed E-state index contributed by atoms with van der Waals surface area (Å²) in [5.74, 6) is 0.690. The summed E-state index contributed by atoms with van der Waals surface area (Å²) in [6.07, 6.45) is -3.11. The number of alkyl halides is 3. The van der Waals surface area contributed by atoms with Gasteiger partial charge in [0.05, 0.1) is 21.6 Å². The van der Waals surface area contributed by atoms with Crippen molar-refractivity contribution in [1.29, 1.82) is 0 Å². The Bertz CT molecular complexity index is 1620. The van der Waals surface area contributed by atoms with E-state index in [9.17, 15) is 21.6 Å². The summed E-state index contributed by atoms with van der Waals surface area (Å²) < 4.78 is 79.7. The number of likely N-dealkylation sites (N-methyl/N-ethyl adjacent to an activating group) is 1. The number of benzene rings is 3. The normalized spacial score (nSPS) is 12.7. The number of aromatic nitrogens is 1. The number of halogens is 3. The van der Waals surface area contributed by atoms with Crippen molar-refractivity contribution in [2.75, 3.05) is 20.7 Å². The number of hydrogen-bond acceptors (Lipinski definition) is 5. The Morgan fingerprint density at radius 1 is 0.949 bits per heavy atom. The average molecular weight is 559 g/mol. The number of ether oxygens (including phenoxy) is 2. The standard InChI is InChI=1S/C29H29F3N2O4S/c1-19-17-33-27-24(13-8-14-25(27)29(30,31)32)26(19)20-9-6-10-21(15-20)38-22-11-7-12-23(16-22)39(35,36)34(4)18-28(2,3)37-5/h6-17H,18H2,1-5H3. The van der Waals surface area contributed by atoms with Crippen LogP contribution in [-0.4, -0.2) is 44.0 Å². The number of para-hydroxylation sites is 1. The van der Waals surface area contributed by atoms with Gasteiger partial charge >= 0.3 is 6.18 Å². The van der Waals surface area contributed by atoms with E-state index in [0.29, 0.717) is 33.6 Å². The van der Waals surface area contributed by atoms with E-state index < -0.39 is 27.4 Å². The van der Waals surface area contributed by atoms with Crippen LogP contribution in [0.5, 0.6) is 11.5 Å². The van der Waals surface area contributed by atoms with E-state index in [1.54, 1.807) is 63.2 Å². The number of nitrogens with zero attached hydrogens (tertiary/aromatic N) is 2. The van der Waals surface area contributed by atoms with Crippen molar-refractivity contribution < 1.29 is 31.1 Å². The fourth-order valence-electron chi connectivity index (χ4n) is 4.35. The van der Waals surface area contributed by atoms with E-state index in [0.717, 1.165) is 6.07 Å². The summed E-state index contributed by atoms with van der Waals surface area (Å²) in [6.45, 7) is 5.52. The van der Waals surface area contributed by atoms with Gasteiger partial charge in [-0.25, -0.2) is 8.42 Å². The van der Waals surface area contributed by atoms with Crippen molar-refractivity contribution in [1.82, 2.24) is 9.29 Å². The molecule has 0 aliphatic carbocycles. The Morgan fingerprint density at radius 3 is 2.26 bits per heavy atom. The van der Waals surface area contributed by atoms with Crippen LogP contribution in [0, 0.1) is 6.92 Å². The monoisotopic (exact) mass is 558 g/mol. The quantitative estimate of drug-likeness (QED) is 0.231. The van der Waals surface area contributed by atoms with Crippen molar-refractivity contribution in [2.45, 2.75) is 37.4 Å². The maximum Gasteiger partial charge on any atom is 0.418 e. The molecule has 4 rings (SSSR count). The maximum absolute atomic E-state index is 13.6. The third kappa shape index (κ3) is 6.08. The highest BCUT2D eigenvalue weighted by atomic mass is 32.2. The first kappa shape index (κ1) is 28.5. The molecule has 0 saturated carbocycles. The molecule has 4 aromatic rings. The highest BCUT2D eigenvalue weighted by Crippen LogP contribution is 2.39. The SMILES string of the molecule is COC(C)(C)CN(C)S(=O)(=O)c1cccc(Oc2cccc(-c3c(C)cnc4c(C(F)(F)F)cccc34)c2)c1. The first-order chi connectivity index (χ1) is 18.2. The molecular weight excluding hydrogens is 529 g/mol. The number of fused-ring (bicyclic) bond motifs is 1. The molecule has 0 aliphatic rings. The molecule has 0 unspecified atom stereocenters. The molecule has 39 heavy (non-hydrogen) atoms. The van der Waals surface area contributed by atoms with Crippen molar-refractivity contribution in [2.24, 2.45) is 0 Å². The number of aryl methyl sites for hydroxylation is 1. The second kappa shape index (κ2) is 10.6. The van der Waals surface area contributed by atoms with E-state index in [-0.39, 0.29) is 17.0 Å². The summed E-state index contributed by atoms with van der Waals surface area (Å²) in [5, 5.41) is 0.372. The highest BCUT2D eigenvalue weighted by Gasteiger charge is 2.33. The van der Waals surface area contributed by atoms with Crippen molar-refractivity contribution >= 4 is 20.9 Å². The highest BCUT2D eigenvalue weighted by molar-refractivity contribution is 7.89. The fraction of sp³-hybridized carbons (Fsp3) is 0.276. The van der Waals surface area contributed by atoms with E-state index >= 15 is 0 Å². The topological polar surface area (TPSA) is 68.7 Å². The predicted molar refractivity (Wildman–Crippen MR) is 144 cm³/mol. The van der Waals surface area contributed by atoms with Gasteiger partial charge in [-0.3, -0.25) is 4.98 Å². The molecule has 6 nitrogen and oxygen atoms in total. The first-order valence-corrected chi connectivity index (χ1v) is 13.5. The number of sulfonamides is 1. The van der Waals surface area contributed by atoms with Gasteiger partial charge in [0, 0.05) is 38.4 Å². The smallest absolute Gasteiger partial charge is 0.418 e. The predicted octanol–water partition coefficient (Wildman–Crippen LogP) is 7.07. The Kier molecular flexibility index (Phi) is 7.75. The van der Waals surface area contributed by atoms with Crippen LogP contribution in [0.1, 0.15) is 25.0 Å². The molecule has 0 atom stereocenters. The second-order valence-corrected chi connectivity index (χ2v) is 11.9. The van der Waals surface area contributed by atoms with Gasteiger partial charge in [-0.15, -0.1) is 0 Å². The second-order valence-electron chi connectivity index (χ2n) is 9.85. The third-order valence-electron chi connectivity index (χ3n) is 6.42. The van der Waals surface area contributed by atoms with Gasteiger partial charge in [0.15, 0.2) is 0 Å². The van der Waals surface area contributed by atoms with Crippen LogP contribution in [0.25, 0.3) is 22.0 Å². The van der Waals surface area contributed by atoms with Crippen LogP contribution in [0.3, 0.4) is 0 Å². The number of rotatable bonds is 8. The number of pyridine rings is 1. The zero-order valence-electron chi connectivity index (χ0n) is 22.2. The minimum absolute atomic E-state index is 0.0567. The van der Waals surface area contributed by atoms with E-state index in [2.05, 4.69) is 4.98 Å². The molecule has 206 valence electrons. The average Bonchev–Trinajstić information content (AvgIpc) is 2.87. The van der Waals surface area contributed by atoms with Crippen LogP contribution < -0.4 is 4.74 Å². The molecule has 0 fully saturated rings. The fourth-order valence-corrected chi connectivity index (χ4v) is 5.71. The number of hydrogen-bond donors (Lipinski definition) is 0. The zero-order valence-corrected chi connectivity index (χ0v) is 23.0. The summed E-state index contributed by atoms with van der Waals surface area (Å²) in [7, 11) is -0.813. The van der Waals surface area contributed by atoms with E-state index in [4.69, 9.17) is 9.47 Å². The molecule has 1 aromatic heterocycles. The summed E-state index contributed by atoms with van der Waals surface area (Å²) in [4.78, 5) is 4.13.